The van der Waals surface area contributed by atoms with Crippen LogP contribution in [-0.2, 0) is 0 Å². The molecule has 2 bridgehead atoms. The van der Waals surface area contributed by atoms with Crippen molar-refractivity contribution >= 4 is 45.0 Å². The zero-order valence-corrected chi connectivity index (χ0v) is 21.8. The maximum absolute atomic E-state index is 16.6. The molecule has 1 aromatic heterocycles. The van der Waals surface area contributed by atoms with Gasteiger partial charge in [-0.25, -0.2) is 9.37 Å². The number of halogens is 2. The van der Waals surface area contributed by atoms with Crippen molar-refractivity contribution in [2.45, 2.75) is 31.0 Å². The number of likely N-dealkylation sites (N-methyl/N-ethyl adjacent to an activating group) is 1. The first kappa shape index (κ1) is 23.1. The lowest BCUT2D eigenvalue weighted by Crippen LogP contribution is -2.61. The van der Waals surface area contributed by atoms with Crippen LogP contribution < -0.4 is 15.1 Å². The maximum Gasteiger partial charge on any atom is 0.228 e. The number of benzene rings is 3. The molecule has 0 aliphatic carbocycles. The molecule has 2 atom stereocenters. The monoisotopic (exact) mass is 516 g/mol. The lowest BCUT2D eigenvalue weighted by atomic mass is 9.92. The van der Waals surface area contributed by atoms with Gasteiger partial charge in [-0.15, -0.1) is 0 Å². The summed E-state index contributed by atoms with van der Waals surface area (Å²) >= 11 is 6.89. The third-order valence-corrected chi connectivity index (χ3v) is 8.70. The largest absolute Gasteiger partial charge is 0.350 e. The molecule has 4 aliphatic heterocycles. The molecule has 6 nitrogen and oxygen atoms in total. The number of nitrogens with zero attached hydrogens (tertiary/aromatic N) is 5. The van der Waals surface area contributed by atoms with Crippen LogP contribution in [-0.4, -0.2) is 73.3 Å². The van der Waals surface area contributed by atoms with Crippen LogP contribution in [0.4, 0.5) is 16.2 Å². The highest BCUT2D eigenvalue weighted by atomic mass is 35.5. The number of fused-ring (bicyclic) bond motifs is 5. The van der Waals surface area contributed by atoms with Gasteiger partial charge in [-0.1, -0.05) is 54.1 Å². The third kappa shape index (κ3) is 3.75. The second-order valence-electron chi connectivity index (χ2n) is 10.8. The SMILES string of the molecule is CN(C)C1CN(c2nc(N3C[C@@H]4CC[C@H]3CN4)c3cc(Cl)c(-c4cccc5ccccc45)c(F)c3n2)C1. The Morgan fingerprint density at radius 1 is 1.00 bits per heavy atom. The summed E-state index contributed by atoms with van der Waals surface area (Å²) in [6, 6.07) is 17.0. The molecule has 0 amide bonds. The summed E-state index contributed by atoms with van der Waals surface area (Å²) in [7, 11) is 4.18. The van der Waals surface area contributed by atoms with Gasteiger partial charge in [-0.2, -0.15) is 4.98 Å². The molecule has 4 fully saturated rings. The smallest absolute Gasteiger partial charge is 0.228 e. The van der Waals surface area contributed by atoms with Crippen molar-refractivity contribution in [3.8, 4) is 11.1 Å². The second-order valence-corrected chi connectivity index (χ2v) is 11.2. The van der Waals surface area contributed by atoms with Crippen LogP contribution in [0.5, 0.6) is 0 Å². The van der Waals surface area contributed by atoms with Gasteiger partial charge in [0.05, 0.1) is 5.02 Å². The van der Waals surface area contributed by atoms with Gasteiger partial charge in [0.2, 0.25) is 5.95 Å². The lowest BCUT2D eigenvalue weighted by Gasteiger charge is -2.47. The molecule has 4 aliphatic rings. The predicted molar refractivity (Wildman–Crippen MR) is 149 cm³/mol. The van der Waals surface area contributed by atoms with E-state index in [1.165, 1.54) is 0 Å². The number of piperidine rings is 2. The van der Waals surface area contributed by atoms with Crippen LogP contribution in [0, 0.1) is 5.82 Å². The first-order chi connectivity index (χ1) is 18.0. The third-order valence-electron chi connectivity index (χ3n) is 8.41. The molecule has 0 unspecified atom stereocenters. The summed E-state index contributed by atoms with van der Waals surface area (Å²) < 4.78 is 16.6. The Bertz CT molecular complexity index is 1500. The van der Waals surface area contributed by atoms with Crippen LogP contribution in [0.2, 0.25) is 5.02 Å². The van der Waals surface area contributed by atoms with E-state index < -0.39 is 0 Å². The average molecular weight is 517 g/mol. The number of nitrogens with one attached hydrogen (secondary N) is 1. The molecule has 8 heteroatoms. The van der Waals surface area contributed by atoms with E-state index in [0.29, 0.717) is 45.6 Å². The molecule has 37 heavy (non-hydrogen) atoms. The van der Waals surface area contributed by atoms with Crippen molar-refractivity contribution in [1.29, 1.82) is 0 Å². The van der Waals surface area contributed by atoms with Crippen molar-refractivity contribution in [1.82, 2.24) is 20.2 Å². The van der Waals surface area contributed by atoms with E-state index in [1.54, 1.807) is 0 Å². The standard InChI is InChI=1S/C29H30ClFN6/c1-35(2)20-15-36(16-20)29-33-27-23(28(34-29)37-14-18-10-11-19(37)13-32-18)12-24(30)25(26(27)31)22-9-5-7-17-6-3-4-8-21(17)22/h3-9,12,18-20,32H,10-11,13-16H2,1-2H3/t18-,19-/m0/s1. The summed E-state index contributed by atoms with van der Waals surface area (Å²) in [5, 5.41) is 6.70. The van der Waals surface area contributed by atoms with E-state index in [4.69, 9.17) is 21.6 Å². The Morgan fingerprint density at radius 2 is 1.81 bits per heavy atom. The molecule has 4 saturated heterocycles. The van der Waals surface area contributed by atoms with E-state index in [9.17, 15) is 0 Å². The summed E-state index contributed by atoms with van der Waals surface area (Å²) in [4.78, 5) is 16.6. The van der Waals surface area contributed by atoms with Crippen molar-refractivity contribution in [3.05, 3.63) is 59.4 Å². The second kappa shape index (κ2) is 8.79. The zero-order chi connectivity index (χ0) is 25.3. The van der Waals surface area contributed by atoms with Gasteiger partial charge in [0, 0.05) is 55.3 Å². The average Bonchev–Trinajstić information content (AvgIpc) is 2.88. The molecule has 0 saturated carbocycles. The van der Waals surface area contributed by atoms with Crippen molar-refractivity contribution in [2.24, 2.45) is 0 Å². The molecule has 5 heterocycles. The van der Waals surface area contributed by atoms with Gasteiger partial charge in [0.25, 0.3) is 0 Å². The molecule has 0 spiro atoms. The van der Waals surface area contributed by atoms with Crippen LogP contribution in [0.1, 0.15) is 12.8 Å². The molecule has 4 aromatic rings. The summed E-state index contributed by atoms with van der Waals surface area (Å²) in [5.74, 6) is 1.02. The van der Waals surface area contributed by atoms with E-state index in [-0.39, 0.29) is 5.82 Å². The number of rotatable bonds is 4. The maximum atomic E-state index is 16.6. The van der Waals surface area contributed by atoms with Gasteiger partial charge >= 0.3 is 0 Å². The highest BCUT2D eigenvalue weighted by molar-refractivity contribution is 6.35. The van der Waals surface area contributed by atoms with Crippen LogP contribution in [0.15, 0.2) is 48.5 Å². The topological polar surface area (TPSA) is 47.5 Å². The predicted octanol–water partition coefficient (Wildman–Crippen LogP) is 4.93. The fourth-order valence-electron chi connectivity index (χ4n) is 6.13. The number of anilines is 2. The van der Waals surface area contributed by atoms with Gasteiger partial charge in [0.15, 0.2) is 5.82 Å². The molecule has 1 N–H and O–H groups in total. The fourth-order valence-corrected chi connectivity index (χ4v) is 6.43. The minimum Gasteiger partial charge on any atom is -0.350 e. The Labute approximate surface area is 221 Å². The quantitative estimate of drug-likeness (QED) is 0.415. The number of hydrogen-bond donors (Lipinski definition) is 1. The van der Waals surface area contributed by atoms with E-state index in [1.807, 2.05) is 48.5 Å². The van der Waals surface area contributed by atoms with Crippen molar-refractivity contribution in [3.63, 3.8) is 0 Å². The molecule has 8 rings (SSSR count). The first-order valence-corrected chi connectivity index (χ1v) is 13.4. The van der Waals surface area contributed by atoms with Crippen LogP contribution in [0.25, 0.3) is 32.8 Å². The van der Waals surface area contributed by atoms with E-state index in [0.717, 1.165) is 61.2 Å². The fraction of sp³-hybridized carbons (Fsp3) is 0.379. The van der Waals surface area contributed by atoms with Crippen molar-refractivity contribution < 1.29 is 4.39 Å². The van der Waals surface area contributed by atoms with Gasteiger partial charge < -0.3 is 20.0 Å². The highest BCUT2D eigenvalue weighted by Gasteiger charge is 2.37. The molecule has 190 valence electrons. The van der Waals surface area contributed by atoms with E-state index >= 15 is 4.39 Å². The molecule has 3 aromatic carbocycles. The Hall–Kier alpha value is -3.00. The van der Waals surface area contributed by atoms with Gasteiger partial charge in [-0.05, 0) is 49.3 Å². The lowest BCUT2D eigenvalue weighted by molar-refractivity contribution is 0.245. The number of aromatic nitrogens is 2. The molecular formula is C29H30ClFN6. The highest BCUT2D eigenvalue weighted by Crippen LogP contribution is 2.42. The van der Waals surface area contributed by atoms with Crippen LogP contribution >= 0.6 is 11.6 Å². The Morgan fingerprint density at radius 3 is 2.54 bits per heavy atom. The normalized spacial score (nSPS) is 21.9. The summed E-state index contributed by atoms with van der Waals surface area (Å²) in [6.45, 7) is 3.44. The van der Waals surface area contributed by atoms with Crippen molar-refractivity contribution in [2.75, 3.05) is 50.1 Å². The zero-order valence-electron chi connectivity index (χ0n) is 21.1. The van der Waals surface area contributed by atoms with E-state index in [2.05, 4.69) is 34.1 Å². The Balaban J connectivity index is 1.43. The minimum absolute atomic E-state index is 0.335. The van der Waals surface area contributed by atoms with Gasteiger partial charge in [0.1, 0.15) is 11.3 Å². The molecule has 0 radical (unpaired) electrons. The molecular weight excluding hydrogens is 487 g/mol. The first-order valence-electron chi connectivity index (χ1n) is 13.1. The summed E-state index contributed by atoms with van der Waals surface area (Å²) in [5.41, 5.74) is 1.52. The van der Waals surface area contributed by atoms with Crippen LogP contribution in [0.3, 0.4) is 0 Å². The number of piperazine rings is 1. The number of hydrogen-bond acceptors (Lipinski definition) is 6. The minimum atomic E-state index is -0.381. The Kier molecular flexibility index (Phi) is 5.50. The van der Waals surface area contributed by atoms with Gasteiger partial charge in [-0.3, -0.25) is 0 Å². The summed E-state index contributed by atoms with van der Waals surface area (Å²) in [6.07, 6.45) is 2.27.